The highest BCUT2D eigenvalue weighted by Crippen LogP contribution is 2.25. The molecule has 0 spiro atoms. The number of piperidine rings is 2. The van der Waals surface area contributed by atoms with Gasteiger partial charge in [-0.2, -0.15) is 0 Å². The second kappa shape index (κ2) is 8.88. The molecule has 0 aromatic rings. The van der Waals surface area contributed by atoms with E-state index >= 15 is 0 Å². The Labute approximate surface area is 151 Å². The lowest BCUT2D eigenvalue weighted by molar-refractivity contribution is -0.138. The first kappa shape index (κ1) is 18.5. The predicted molar refractivity (Wildman–Crippen MR) is 98.3 cm³/mol. The molecular weight excluding hydrogens is 316 g/mol. The van der Waals surface area contributed by atoms with E-state index in [9.17, 15) is 9.59 Å². The normalized spacial score (nSPS) is 25.5. The van der Waals surface area contributed by atoms with Crippen LogP contribution in [0.5, 0.6) is 0 Å². The number of likely N-dealkylation sites (tertiary alicyclic amines) is 3. The van der Waals surface area contributed by atoms with E-state index < -0.39 is 0 Å². The van der Waals surface area contributed by atoms with Crippen molar-refractivity contribution in [1.82, 2.24) is 20.0 Å². The molecule has 1 atom stereocenters. The highest BCUT2D eigenvalue weighted by Gasteiger charge is 2.34. The number of nitrogens with zero attached hydrogens (tertiary/aromatic N) is 3. The molecule has 142 valence electrons. The van der Waals surface area contributed by atoms with Gasteiger partial charge in [0, 0.05) is 39.3 Å². The fraction of sp³-hybridized carbons (Fsp3) is 0.895. The van der Waals surface area contributed by atoms with Crippen LogP contribution in [0.2, 0.25) is 0 Å². The molecule has 3 aliphatic rings. The topological polar surface area (TPSA) is 55.9 Å². The van der Waals surface area contributed by atoms with Crippen LogP contribution in [-0.2, 0) is 4.79 Å². The molecule has 0 bridgehead atoms. The van der Waals surface area contributed by atoms with E-state index in [1.165, 1.54) is 6.42 Å². The molecule has 3 saturated heterocycles. The first-order chi connectivity index (χ1) is 12.2. The third-order valence-electron chi connectivity index (χ3n) is 6.15. The molecule has 3 amide bonds. The van der Waals surface area contributed by atoms with E-state index in [1.54, 1.807) is 0 Å². The number of nitrogens with one attached hydrogen (secondary N) is 1. The van der Waals surface area contributed by atoms with Gasteiger partial charge in [0.1, 0.15) is 0 Å². The van der Waals surface area contributed by atoms with Crippen molar-refractivity contribution in [1.29, 1.82) is 0 Å². The summed E-state index contributed by atoms with van der Waals surface area (Å²) < 4.78 is 0. The van der Waals surface area contributed by atoms with Crippen molar-refractivity contribution in [3.63, 3.8) is 0 Å². The predicted octanol–water partition coefficient (Wildman–Crippen LogP) is 1.76. The Hall–Kier alpha value is -1.30. The Morgan fingerprint density at radius 2 is 1.56 bits per heavy atom. The first-order valence-electron chi connectivity index (χ1n) is 10.2. The molecule has 3 heterocycles. The van der Waals surface area contributed by atoms with Crippen molar-refractivity contribution < 1.29 is 9.59 Å². The van der Waals surface area contributed by atoms with Crippen LogP contribution in [0.3, 0.4) is 0 Å². The Morgan fingerprint density at radius 3 is 2.24 bits per heavy atom. The van der Waals surface area contributed by atoms with Crippen molar-refractivity contribution in [3.8, 4) is 0 Å². The van der Waals surface area contributed by atoms with E-state index in [0.29, 0.717) is 6.54 Å². The van der Waals surface area contributed by atoms with Gasteiger partial charge in [0.15, 0.2) is 0 Å². The van der Waals surface area contributed by atoms with Gasteiger partial charge in [-0.15, -0.1) is 0 Å². The van der Waals surface area contributed by atoms with Gasteiger partial charge in [-0.25, -0.2) is 4.79 Å². The van der Waals surface area contributed by atoms with Crippen LogP contribution in [0.4, 0.5) is 4.79 Å². The summed E-state index contributed by atoms with van der Waals surface area (Å²) in [5.74, 6) is 1.04. The summed E-state index contributed by atoms with van der Waals surface area (Å²) in [5.41, 5.74) is 0. The SMILES string of the molecule is CNCCC1CCN(C(=O)C2CCCN(C(=O)N3CCCC3)C2)CC1. The third kappa shape index (κ3) is 4.66. The van der Waals surface area contributed by atoms with Gasteiger partial charge >= 0.3 is 6.03 Å². The molecule has 6 heteroatoms. The zero-order chi connectivity index (χ0) is 17.6. The monoisotopic (exact) mass is 350 g/mol. The van der Waals surface area contributed by atoms with Crippen molar-refractivity contribution in [2.24, 2.45) is 11.8 Å². The molecule has 0 radical (unpaired) electrons. The van der Waals surface area contributed by atoms with E-state index in [1.807, 2.05) is 16.8 Å². The summed E-state index contributed by atoms with van der Waals surface area (Å²) in [4.78, 5) is 31.5. The molecule has 1 N–H and O–H groups in total. The minimum atomic E-state index is 0.00848. The van der Waals surface area contributed by atoms with E-state index in [-0.39, 0.29) is 17.9 Å². The third-order valence-corrected chi connectivity index (χ3v) is 6.15. The van der Waals surface area contributed by atoms with Crippen LogP contribution in [0.25, 0.3) is 0 Å². The lowest BCUT2D eigenvalue weighted by Crippen LogP contribution is -2.51. The van der Waals surface area contributed by atoms with Gasteiger partial charge in [0.2, 0.25) is 5.91 Å². The second-order valence-electron chi connectivity index (χ2n) is 7.92. The fourth-order valence-electron chi connectivity index (χ4n) is 4.51. The number of urea groups is 1. The molecular formula is C19H34N4O2. The lowest BCUT2D eigenvalue weighted by Gasteiger charge is -2.38. The average molecular weight is 351 g/mol. The highest BCUT2D eigenvalue weighted by molar-refractivity contribution is 5.81. The van der Waals surface area contributed by atoms with Gasteiger partial charge in [-0.05, 0) is 64.5 Å². The first-order valence-corrected chi connectivity index (χ1v) is 10.2. The maximum Gasteiger partial charge on any atom is 0.320 e. The van der Waals surface area contributed by atoms with Crippen molar-refractivity contribution in [2.45, 2.75) is 44.9 Å². The average Bonchev–Trinajstić information content (AvgIpc) is 3.20. The molecule has 0 aromatic carbocycles. The lowest BCUT2D eigenvalue weighted by atomic mass is 9.91. The molecule has 25 heavy (non-hydrogen) atoms. The smallest absolute Gasteiger partial charge is 0.320 e. The second-order valence-corrected chi connectivity index (χ2v) is 7.92. The number of amides is 3. The number of carbonyl (C=O) groups excluding carboxylic acids is 2. The van der Waals surface area contributed by atoms with Crippen LogP contribution >= 0.6 is 0 Å². The molecule has 0 saturated carbocycles. The molecule has 3 rings (SSSR count). The van der Waals surface area contributed by atoms with Crippen LogP contribution in [-0.4, -0.2) is 79.5 Å². The minimum absolute atomic E-state index is 0.00848. The minimum Gasteiger partial charge on any atom is -0.342 e. The Kier molecular flexibility index (Phi) is 6.57. The highest BCUT2D eigenvalue weighted by atomic mass is 16.2. The summed E-state index contributed by atoms with van der Waals surface area (Å²) in [6.07, 6.45) is 7.57. The van der Waals surface area contributed by atoms with Crippen LogP contribution < -0.4 is 5.32 Å². The van der Waals surface area contributed by atoms with Gasteiger partial charge in [0.05, 0.1) is 5.92 Å². The molecule has 1 unspecified atom stereocenters. The summed E-state index contributed by atoms with van der Waals surface area (Å²) in [5, 5.41) is 3.22. The van der Waals surface area contributed by atoms with Crippen LogP contribution in [0, 0.1) is 11.8 Å². The number of carbonyl (C=O) groups is 2. The largest absolute Gasteiger partial charge is 0.342 e. The van der Waals surface area contributed by atoms with Gasteiger partial charge < -0.3 is 20.0 Å². The van der Waals surface area contributed by atoms with E-state index in [4.69, 9.17) is 0 Å². The summed E-state index contributed by atoms with van der Waals surface area (Å²) in [7, 11) is 2.00. The Morgan fingerprint density at radius 1 is 0.880 bits per heavy atom. The number of hydrogen-bond acceptors (Lipinski definition) is 3. The number of hydrogen-bond donors (Lipinski definition) is 1. The van der Waals surface area contributed by atoms with E-state index in [0.717, 1.165) is 83.7 Å². The van der Waals surface area contributed by atoms with Gasteiger partial charge in [-0.1, -0.05) is 0 Å². The molecule has 0 aliphatic carbocycles. The van der Waals surface area contributed by atoms with E-state index in [2.05, 4.69) is 10.2 Å². The summed E-state index contributed by atoms with van der Waals surface area (Å²) in [6, 6.07) is 0.153. The maximum absolute atomic E-state index is 12.9. The maximum atomic E-state index is 12.9. The molecule has 3 aliphatic heterocycles. The van der Waals surface area contributed by atoms with Crippen molar-refractivity contribution in [2.75, 3.05) is 52.9 Å². The fourth-order valence-corrected chi connectivity index (χ4v) is 4.51. The Balaban J connectivity index is 1.48. The summed E-state index contributed by atoms with van der Waals surface area (Å²) in [6.45, 7) is 6.05. The van der Waals surface area contributed by atoms with Gasteiger partial charge in [-0.3, -0.25) is 4.79 Å². The quantitative estimate of drug-likeness (QED) is 0.841. The zero-order valence-corrected chi connectivity index (χ0v) is 15.7. The molecule has 3 fully saturated rings. The van der Waals surface area contributed by atoms with Crippen LogP contribution in [0.1, 0.15) is 44.9 Å². The Bertz CT molecular complexity index is 456. The molecule has 0 aromatic heterocycles. The van der Waals surface area contributed by atoms with Gasteiger partial charge in [0.25, 0.3) is 0 Å². The summed E-state index contributed by atoms with van der Waals surface area (Å²) >= 11 is 0. The van der Waals surface area contributed by atoms with Crippen molar-refractivity contribution in [3.05, 3.63) is 0 Å². The number of rotatable bonds is 4. The molecule has 6 nitrogen and oxygen atoms in total. The van der Waals surface area contributed by atoms with Crippen LogP contribution in [0.15, 0.2) is 0 Å². The standard InChI is InChI=1S/C19H34N4O2/c1-20-9-6-16-7-13-21(14-8-16)18(24)17-5-4-12-23(15-17)19(25)22-10-2-3-11-22/h16-17,20H,2-15H2,1H3. The van der Waals surface area contributed by atoms with Crippen molar-refractivity contribution >= 4 is 11.9 Å². The zero-order valence-electron chi connectivity index (χ0n) is 15.7.